The van der Waals surface area contributed by atoms with Crippen LogP contribution in [0.1, 0.15) is 413 Å². The summed E-state index contributed by atoms with van der Waals surface area (Å²) in [6, 6.07) is 0. The van der Waals surface area contributed by atoms with Crippen LogP contribution in [0.3, 0.4) is 0 Å². The lowest BCUT2D eigenvalue weighted by atomic mass is 10.0. The summed E-state index contributed by atoms with van der Waals surface area (Å²) in [5.74, 6) is -1.38. The van der Waals surface area contributed by atoms with Crippen LogP contribution in [-0.2, 0) is 65.4 Å². The number of carbonyl (C=O) groups is 4. The Labute approximate surface area is 594 Å². The van der Waals surface area contributed by atoms with Crippen LogP contribution < -0.4 is 0 Å². The fourth-order valence-electron chi connectivity index (χ4n) is 12.1. The first-order valence-electron chi connectivity index (χ1n) is 40.6. The van der Waals surface area contributed by atoms with E-state index in [-0.39, 0.29) is 25.7 Å². The molecule has 97 heavy (non-hydrogen) atoms. The molecule has 0 rings (SSSR count). The molecule has 0 amide bonds. The Balaban J connectivity index is 5.20. The van der Waals surface area contributed by atoms with Crippen LogP contribution in [0.5, 0.6) is 0 Å². The molecule has 0 aromatic heterocycles. The molecule has 3 N–H and O–H groups in total. The second kappa shape index (κ2) is 71.1. The van der Waals surface area contributed by atoms with Crippen molar-refractivity contribution in [2.75, 3.05) is 39.6 Å². The number of rotatable bonds is 78. The predicted molar refractivity (Wildman–Crippen MR) is 395 cm³/mol. The summed E-state index contributed by atoms with van der Waals surface area (Å²) in [5.41, 5.74) is 0. The summed E-state index contributed by atoms with van der Waals surface area (Å²) in [6.45, 7) is 7.27. The molecule has 19 heteroatoms. The molecule has 5 atom stereocenters. The molecule has 2 unspecified atom stereocenters. The van der Waals surface area contributed by atoms with Gasteiger partial charge in [0, 0.05) is 25.7 Å². The minimum absolute atomic E-state index is 0.106. The predicted octanol–water partition coefficient (Wildman–Crippen LogP) is 23.3. The summed E-state index contributed by atoms with van der Waals surface area (Å²) < 4.78 is 68.6. The van der Waals surface area contributed by atoms with Gasteiger partial charge in [-0.05, 0) is 31.6 Å². The van der Waals surface area contributed by atoms with Gasteiger partial charge in [0.05, 0.1) is 26.4 Å². The van der Waals surface area contributed by atoms with E-state index in [9.17, 15) is 43.2 Å². The number of hydrogen-bond donors (Lipinski definition) is 3. The van der Waals surface area contributed by atoms with Gasteiger partial charge in [-0.2, -0.15) is 0 Å². The number of esters is 4. The molecule has 0 radical (unpaired) electrons. The molecule has 0 bridgehead atoms. The molecule has 17 nitrogen and oxygen atoms in total. The maximum Gasteiger partial charge on any atom is 0.472 e. The molecule has 576 valence electrons. The number of hydrogen-bond acceptors (Lipinski definition) is 15. The van der Waals surface area contributed by atoms with Gasteiger partial charge in [-0.1, -0.05) is 362 Å². The quantitative estimate of drug-likeness (QED) is 0.0222. The zero-order chi connectivity index (χ0) is 71.2. The van der Waals surface area contributed by atoms with Crippen molar-refractivity contribution in [3.63, 3.8) is 0 Å². The third kappa shape index (κ3) is 72.2. The smallest absolute Gasteiger partial charge is 0.462 e. The van der Waals surface area contributed by atoms with Crippen LogP contribution in [0.4, 0.5) is 0 Å². The highest BCUT2D eigenvalue weighted by Crippen LogP contribution is 2.45. The standard InChI is InChI=1S/C78H152O17P2/c1-6-9-12-15-18-21-24-26-28-29-30-31-32-33-34-36-38-43-48-53-58-63-77(82)94-73(68-89-76(81)62-57-52-47-42-37-35-27-25-22-19-16-13-10-7-2)69-92-96(84,85)90-65-72(79)66-91-97(86,87)93-70-74(67-88-75(80)61-56-51-46-41-23-20-17-14-11-8-3)95-78(83)64-59-54-49-44-39-40-45-50-55-60-71(4)5/h71-74,79H,6-70H2,1-5H3,(H,84,85)(H,86,87)/t72-,73-,74-/m1/s1. The third-order valence-corrected chi connectivity index (χ3v) is 20.2. The second-order valence-electron chi connectivity index (χ2n) is 28.6. The van der Waals surface area contributed by atoms with Gasteiger partial charge >= 0.3 is 39.5 Å². The number of ether oxygens (including phenoxy) is 4. The van der Waals surface area contributed by atoms with Crippen molar-refractivity contribution < 1.29 is 80.2 Å². The highest BCUT2D eigenvalue weighted by atomic mass is 31.2. The van der Waals surface area contributed by atoms with Crippen LogP contribution >= 0.6 is 15.6 Å². The summed E-state index contributed by atoms with van der Waals surface area (Å²) in [6.07, 6.45) is 61.1. The summed E-state index contributed by atoms with van der Waals surface area (Å²) in [5, 5.41) is 10.6. The Kier molecular flexibility index (Phi) is 69.6. The van der Waals surface area contributed by atoms with E-state index in [1.807, 2.05) is 0 Å². The normalized spacial score (nSPS) is 13.9. The van der Waals surface area contributed by atoms with Crippen molar-refractivity contribution in [1.82, 2.24) is 0 Å². The van der Waals surface area contributed by atoms with Gasteiger partial charge in [-0.15, -0.1) is 0 Å². The number of aliphatic hydroxyl groups is 1. The molecule has 0 aliphatic rings. The fraction of sp³-hybridized carbons (Fsp3) is 0.949. The van der Waals surface area contributed by atoms with E-state index in [1.165, 1.54) is 238 Å². The van der Waals surface area contributed by atoms with Gasteiger partial charge in [0.1, 0.15) is 19.3 Å². The molecule has 0 aliphatic heterocycles. The Morgan fingerprint density at radius 3 is 0.701 bits per heavy atom. The Morgan fingerprint density at radius 2 is 0.474 bits per heavy atom. The first kappa shape index (κ1) is 95.1. The molecule has 0 aliphatic carbocycles. The number of unbranched alkanes of at least 4 members (excludes halogenated alkanes) is 50. The number of carbonyl (C=O) groups excluding carboxylic acids is 4. The van der Waals surface area contributed by atoms with Gasteiger partial charge in [-0.3, -0.25) is 37.3 Å². The average molecular weight is 1420 g/mol. The molecule has 0 saturated heterocycles. The SMILES string of the molecule is CCCCCCCCCCCCCCCCCCCCCCCC(=O)O[C@H](COC(=O)CCCCCCCCCCCCCCCC)COP(=O)(O)OC[C@@H](O)COP(=O)(O)OC[C@@H](COC(=O)CCCCCCCCCCCC)OC(=O)CCCCCCCCCCCC(C)C. The zero-order valence-electron chi connectivity index (χ0n) is 63.2. The maximum absolute atomic E-state index is 13.1. The molecule has 0 saturated carbocycles. The molecule has 0 fully saturated rings. The minimum atomic E-state index is -4.96. The highest BCUT2D eigenvalue weighted by molar-refractivity contribution is 7.47. The maximum atomic E-state index is 13.1. The van der Waals surface area contributed by atoms with E-state index in [4.69, 9.17) is 37.0 Å². The first-order chi connectivity index (χ1) is 47.0. The van der Waals surface area contributed by atoms with Crippen molar-refractivity contribution in [2.45, 2.75) is 432 Å². The molecule has 0 spiro atoms. The van der Waals surface area contributed by atoms with E-state index in [1.54, 1.807) is 0 Å². The van der Waals surface area contributed by atoms with Gasteiger partial charge in [0.15, 0.2) is 12.2 Å². The van der Waals surface area contributed by atoms with Crippen LogP contribution in [0.25, 0.3) is 0 Å². The fourth-order valence-corrected chi connectivity index (χ4v) is 13.6. The van der Waals surface area contributed by atoms with Gasteiger partial charge < -0.3 is 33.8 Å². The van der Waals surface area contributed by atoms with E-state index < -0.39 is 97.5 Å². The summed E-state index contributed by atoms with van der Waals surface area (Å²) >= 11 is 0. The van der Waals surface area contributed by atoms with E-state index >= 15 is 0 Å². The van der Waals surface area contributed by atoms with E-state index in [0.717, 1.165) is 95.8 Å². The molecule has 0 aromatic rings. The number of phosphoric ester groups is 2. The molecule has 0 heterocycles. The van der Waals surface area contributed by atoms with Crippen LogP contribution in [-0.4, -0.2) is 96.7 Å². The largest absolute Gasteiger partial charge is 0.472 e. The van der Waals surface area contributed by atoms with Crippen LogP contribution in [0.15, 0.2) is 0 Å². The van der Waals surface area contributed by atoms with Gasteiger partial charge in [0.25, 0.3) is 0 Å². The monoisotopic (exact) mass is 1420 g/mol. The Bertz CT molecular complexity index is 1860. The van der Waals surface area contributed by atoms with E-state index in [2.05, 4.69) is 34.6 Å². The molecular formula is C78H152O17P2. The topological polar surface area (TPSA) is 237 Å². The Hall–Kier alpha value is -1.94. The molecule has 0 aromatic carbocycles. The van der Waals surface area contributed by atoms with Crippen molar-refractivity contribution in [1.29, 1.82) is 0 Å². The number of phosphoric acid groups is 2. The van der Waals surface area contributed by atoms with Gasteiger partial charge in [0.2, 0.25) is 0 Å². The highest BCUT2D eigenvalue weighted by Gasteiger charge is 2.30. The van der Waals surface area contributed by atoms with Gasteiger partial charge in [-0.25, -0.2) is 9.13 Å². The summed E-state index contributed by atoms with van der Waals surface area (Å²) in [7, 11) is -9.91. The summed E-state index contributed by atoms with van der Waals surface area (Å²) in [4.78, 5) is 72.8. The lowest BCUT2D eigenvalue weighted by Gasteiger charge is -2.21. The third-order valence-electron chi connectivity index (χ3n) is 18.3. The Morgan fingerprint density at radius 1 is 0.278 bits per heavy atom. The van der Waals surface area contributed by atoms with Crippen molar-refractivity contribution in [3.05, 3.63) is 0 Å². The van der Waals surface area contributed by atoms with Crippen molar-refractivity contribution in [3.8, 4) is 0 Å². The van der Waals surface area contributed by atoms with E-state index in [0.29, 0.717) is 25.7 Å². The lowest BCUT2D eigenvalue weighted by Crippen LogP contribution is -2.30. The zero-order valence-corrected chi connectivity index (χ0v) is 65.0. The van der Waals surface area contributed by atoms with Crippen molar-refractivity contribution >= 4 is 39.5 Å². The first-order valence-corrected chi connectivity index (χ1v) is 43.6. The average Bonchev–Trinajstić information content (AvgIpc) is 2.23. The minimum Gasteiger partial charge on any atom is -0.462 e. The van der Waals surface area contributed by atoms with Crippen LogP contribution in [0.2, 0.25) is 0 Å². The molecular weight excluding hydrogens is 1270 g/mol. The lowest BCUT2D eigenvalue weighted by molar-refractivity contribution is -0.161. The second-order valence-corrected chi connectivity index (χ2v) is 31.5. The van der Waals surface area contributed by atoms with Crippen molar-refractivity contribution in [2.24, 2.45) is 5.92 Å². The van der Waals surface area contributed by atoms with Crippen LogP contribution in [0, 0.1) is 5.92 Å². The number of aliphatic hydroxyl groups excluding tert-OH is 1.